The average Bonchev–Trinajstić information content (AvgIpc) is 2.19. The topological polar surface area (TPSA) is 69.7 Å². The molecule has 0 bridgehead atoms. The lowest BCUT2D eigenvalue weighted by Gasteiger charge is -2.31. The molecule has 0 aliphatic rings. The summed E-state index contributed by atoms with van der Waals surface area (Å²) in [6.07, 6.45) is 1.45. The van der Waals surface area contributed by atoms with Gasteiger partial charge < -0.3 is 15.9 Å². The zero-order chi connectivity index (χ0) is 11.0. The first-order chi connectivity index (χ1) is 6.69. The molecule has 4 heteroatoms. The number of nitrogens with zero attached hydrogens (tertiary/aromatic N) is 1. The van der Waals surface area contributed by atoms with E-state index in [1.807, 2.05) is 0 Å². The van der Waals surface area contributed by atoms with E-state index in [1.165, 1.54) is 0 Å². The highest BCUT2D eigenvalue weighted by Gasteiger charge is 2.17. The predicted octanol–water partition coefficient (Wildman–Crippen LogP) is -0.211. The fourth-order valence-corrected chi connectivity index (χ4v) is 1.72. The van der Waals surface area contributed by atoms with Gasteiger partial charge in [-0.25, -0.2) is 0 Å². The molecule has 0 spiro atoms. The molecule has 0 saturated carbocycles. The molecule has 0 heterocycles. The van der Waals surface area contributed by atoms with Crippen molar-refractivity contribution < 1.29 is 10.2 Å². The van der Waals surface area contributed by atoms with Crippen molar-refractivity contribution in [3.8, 4) is 0 Å². The Kier molecular flexibility index (Phi) is 8.08. The average molecular weight is 204 g/mol. The van der Waals surface area contributed by atoms with Gasteiger partial charge in [-0.3, -0.25) is 4.90 Å². The Morgan fingerprint density at radius 3 is 2.21 bits per heavy atom. The fraction of sp³-hybridized carbons (Fsp3) is 1.00. The summed E-state index contributed by atoms with van der Waals surface area (Å²) < 4.78 is 0. The van der Waals surface area contributed by atoms with Crippen LogP contribution in [0.15, 0.2) is 0 Å². The molecule has 14 heavy (non-hydrogen) atoms. The minimum atomic E-state index is -0.651. The molecular formula is C10H24N2O2. The van der Waals surface area contributed by atoms with Crippen LogP contribution in [0.4, 0.5) is 0 Å². The smallest absolute Gasteiger partial charge is 0.0897 e. The van der Waals surface area contributed by atoms with Gasteiger partial charge in [0.05, 0.1) is 12.7 Å². The zero-order valence-corrected chi connectivity index (χ0v) is 9.32. The van der Waals surface area contributed by atoms with Crippen molar-refractivity contribution in [3.63, 3.8) is 0 Å². The van der Waals surface area contributed by atoms with Crippen LogP contribution in [0.3, 0.4) is 0 Å². The second kappa shape index (κ2) is 8.17. The van der Waals surface area contributed by atoms with Crippen LogP contribution in [-0.2, 0) is 0 Å². The largest absolute Gasteiger partial charge is 0.394 e. The fourth-order valence-electron chi connectivity index (χ4n) is 1.72. The SMILES string of the molecule is CCC(CC)N(CCN)CC(O)CO. The molecular weight excluding hydrogens is 180 g/mol. The maximum Gasteiger partial charge on any atom is 0.0897 e. The third kappa shape index (κ3) is 4.91. The second-order valence-electron chi connectivity index (χ2n) is 3.59. The van der Waals surface area contributed by atoms with E-state index < -0.39 is 6.10 Å². The molecule has 0 fully saturated rings. The van der Waals surface area contributed by atoms with Crippen LogP contribution in [0.2, 0.25) is 0 Å². The molecule has 86 valence electrons. The number of hydrogen-bond acceptors (Lipinski definition) is 4. The number of aliphatic hydroxyl groups is 2. The van der Waals surface area contributed by atoms with Gasteiger partial charge in [0.2, 0.25) is 0 Å². The molecule has 0 rings (SSSR count). The summed E-state index contributed by atoms with van der Waals surface area (Å²) in [4.78, 5) is 2.15. The van der Waals surface area contributed by atoms with Crippen LogP contribution in [0.1, 0.15) is 26.7 Å². The summed E-state index contributed by atoms with van der Waals surface area (Å²) in [5, 5.41) is 18.1. The molecule has 0 aromatic heterocycles. The first kappa shape index (κ1) is 13.8. The maximum atomic E-state index is 9.36. The monoisotopic (exact) mass is 204 g/mol. The van der Waals surface area contributed by atoms with Crippen molar-refractivity contribution in [1.29, 1.82) is 0 Å². The van der Waals surface area contributed by atoms with E-state index in [4.69, 9.17) is 10.8 Å². The highest BCUT2D eigenvalue weighted by Crippen LogP contribution is 2.08. The number of nitrogens with two attached hydrogens (primary N) is 1. The summed E-state index contributed by atoms with van der Waals surface area (Å²) >= 11 is 0. The van der Waals surface area contributed by atoms with Crippen LogP contribution in [0, 0.1) is 0 Å². The number of hydrogen-bond donors (Lipinski definition) is 3. The van der Waals surface area contributed by atoms with Crippen LogP contribution >= 0.6 is 0 Å². The van der Waals surface area contributed by atoms with E-state index in [0.29, 0.717) is 19.1 Å². The predicted molar refractivity (Wildman–Crippen MR) is 58.1 cm³/mol. The molecule has 0 radical (unpaired) electrons. The summed E-state index contributed by atoms with van der Waals surface area (Å²) in [6.45, 7) is 5.96. The van der Waals surface area contributed by atoms with Gasteiger partial charge in [-0.2, -0.15) is 0 Å². The third-order valence-electron chi connectivity index (χ3n) is 2.53. The van der Waals surface area contributed by atoms with E-state index in [9.17, 15) is 5.11 Å². The van der Waals surface area contributed by atoms with Gasteiger partial charge in [0.15, 0.2) is 0 Å². The molecule has 0 aliphatic heterocycles. The van der Waals surface area contributed by atoms with E-state index in [1.54, 1.807) is 0 Å². The molecule has 0 amide bonds. The van der Waals surface area contributed by atoms with Crippen LogP contribution in [0.5, 0.6) is 0 Å². The number of rotatable bonds is 8. The Labute approximate surface area is 86.7 Å². The Balaban J connectivity index is 4.10. The molecule has 1 atom stereocenters. The van der Waals surface area contributed by atoms with E-state index >= 15 is 0 Å². The minimum Gasteiger partial charge on any atom is -0.394 e. The second-order valence-corrected chi connectivity index (χ2v) is 3.59. The van der Waals surface area contributed by atoms with Crippen LogP contribution in [0.25, 0.3) is 0 Å². The normalized spacial score (nSPS) is 13.9. The number of aliphatic hydroxyl groups excluding tert-OH is 2. The van der Waals surface area contributed by atoms with Crippen molar-refractivity contribution in [2.75, 3.05) is 26.2 Å². The Morgan fingerprint density at radius 1 is 1.29 bits per heavy atom. The van der Waals surface area contributed by atoms with Crippen LogP contribution in [-0.4, -0.2) is 53.5 Å². The van der Waals surface area contributed by atoms with Gasteiger partial charge in [0, 0.05) is 25.7 Å². The zero-order valence-electron chi connectivity index (χ0n) is 9.32. The molecule has 0 aromatic rings. The molecule has 0 saturated heterocycles. The van der Waals surface area contributed by atoms with Gasteiger partial charge in [0.1, 0.15) is 0 Å². The van der Waals surface area contributed by atoms with Gasteiger partial charge in [0.25, 0.3) is 0 Å². The van der Waals surface area contributed by atoms with Crippen molar-refractivity contribution in [1.82, 2.24) is 4.90 Å². The van der Waals surface area contributed by atoms with Gasteiger partial charge in [-0.05, 0) is 12.8 Å². The lowest BCUT2D eigenvalue weighted by molar-refractivity contribution is 0.0439. The molecule has 0 aliphatic carbocycles. The summed E-state index contributed by atoms with van der Waals surface area (Å²) in [5.41, 5.74) is 5.51. The van der Waals surface area contributed by atoms with E-state index in [0.717, 1.165) is 19.4 Å². The molecule has 0 aromatic carbocycles. The van der Waals surface area contributed by atoms with Gasteiger partial charge >= 0.3 is 0 Å². The quantitative estimate of drug-likeness (QED) is 0.511. The lowest BCUT2D eigenvalue weighted by Crippen LogP contribution is -2.43. The Bertz CT molecular complexity index is 129. The molecule has 4 N–H and O–H groups in total. The summed E-state index contributed by atoms with van der Waals surface area (Å²) in [5.74, 6) is 0. The highest BCUT2D eigenvalue weighted by molar-refractivity contribution is 4.72. The summed E-state index contributed by atoms with van der Waals surface area (Å²) in [7, 11) is 0. The molecule has 4 nitrogen and oxygen atoms in total. The summed E-state index contributed by atoms with van der Waals surface area (Å²) in [6, 6.07) is 0.458. The Morgan fingerprint density at radius 2 is 1.86 bits per heavy atom. The standard InChI is InChI=1S/C10H24N2O2/c1-3-9(4-2)12(6-5-11)7-10(14)8-13/h9-10,13-14H,3-8,11H2,1-2H3. The lowest BCUT2D eigenvalue weighted by atomic mass is 10.1. The first-order valence-electron chi connectivity index (χ1n) is 5.42. The van der Waals surface area contributed by atoms with Gasteiger partial charge in [-0.15, -0.1) is 0 Å². The maximum absolute atomic E-state index is 9.36. The van der Waals surface area contributed by atoms with Crippen molar-refractivity contribution in [2.45, 2.75) is 38.8 Å². The van der Waals surface area contributed by atoms with Crippen molar-refractivity contribution in [2.24, 2.45) is 5.73 Å². The van der Waals surface area contributed by atoms with Gasteiger partial charge in [-0.1, -0.05) is 13.8 Å². The Hall–Kier alpha value is -0.160. The van der Waals surface area contributed by atoms with Crippen molar-refractivity contribution in [3.05, 3.63) is 0 Å². The molecule has 1 unspecified atom stereocenters. The minimum absolute atomic E-state index is 0.179. The van der Waals surface area contributed by atoms with E-state index in [-0.39, 0.29) is 6.61 Å². The third-order valence-corrected chi connectivity index (χ3v) is 2.53. The van der Waals surface area contributed by atoms with Crippen molar-refractivity contribution >= 4 is 0 Å². The first-order valence-corrected chi connectivity index (χ1v) is 5.42. The van der Waals surface area contributed by atoms with E-state index in [2.05, 4.69) is 18.7 Å². The highest BCUT2D eigenvalue weighted by atomic mass is 16.3. The van der Waals surface area contributed by atoms with Crippen LogP contribution < -0.4 is 5.73 Å².